The third kappa shape index (κ3) is 5.13. The highest BCUT2D eigenvalue weighted by molar-refractivity contribution is 5.94. The number of amides is 1. The van der Waals surface area contributed by atoms with E-state index in [0.29, 0.717) is 36.8 Å². The van der Waals surface area contributed by atoms with Crippen molar-refractivity contribution in [3.63, 3.8) is 0 Å². The Morgan fingerprint density at radius 3 is 2.62 bits per heavy atom. The molecule has 0 unspecified atom stereocenters. The van der Waals surface area contributed by atoms with Crippen molar-refractivity contribution in [2.75, 3.05) is 32.8 Å². The Bertz CT molecular complexity index is 539. The van der Waals surface area contributed by atoms with Gasteiger partial charge in [0.15, 0.2) is 11.5 Å². The molecule has 1 aromatic rings. The van der Waals surface area contributed by atoms with Gasteiger partial charge in [-0.1, -0.05) is 13.8 Å². The van der Waals surface area contributed by atoms with Crippen molar-refractivity contribution < 1.29 is 14.3 Å². The first-order valence-electron chi connectivity index (χ1n) is 8.96. The van der Waals surface area contributed by atoms with Gasteiger partial charge in [-0.3, -0.25) is 4.79 Å². The van der Waals surface area contributed by atoms with Gasteiger partial charge in [0, 0.05) is 12.1 Å². The summed E-state index contributed by atoms with van der Waals surface area (Å²) in [5.41, 5.74) is 0.785. The summed E-state index contributed by atoms with van der Waals surface area (Å²) in [7, 11) is 0. The number of ether oxygens (including phenoxy) is 2. The van der Waals surface area contributed by atoms with Crippen LogP contribution in [0.1, 0.15) is 50.4 Å². The van der Waals surface area contributed by atoms with Gasteiger partial charge in [-0.25, -0.2) is 0 Å². The van der Waals surface area contributed by atoms with E-state index in [1.54, 1.807) is 12.1 Å². The molecule has 1 saturated heterocycles. The second-order valence-corrected chi connectivity index (χ2v) is 6.69. The Kier molecular flexibility index (Phi) is 6.91. The molecule has 2 rings (SSSR count). The van der Waals surface area contributed by atoms with E-state index in [2.05, 4.69) is 24.5 Å². The van der Waals surface area contributed by atoms with Gasteiger partial charge in [-0.15, -0.1) is 0 Å². The lowest BCUT2D eigenvalue weighted by molar-refractivity contribution is 0.0921. The summed E-state index contributed by atoms with van der Waals surface area (Å²) in [6.45, 7) is 10.1. The first kappa shape index (κ1) is 18.6. The summed E-state index contributed by atoms with van der Waals surface area (Å²) in [5.74, 6) is 1.27. The van der Waals surface area contributed by atoms with Crippen molar-refractivity contribution in [1.82, 2.24) is 10.6 Å². The smallest absolute Gasteiger partial charge is 0.251 e. The molecule has 134 valence electrons. The monoisotopic (exact) mass is 334 g/mol. The number of rotatable bonds is 8. The Morgan fingerprint density at radius 2 is 1.96 bits per heavy atom. The normalized spacial score (nSPS) is 16.5. The van der Waals surface area contributed by atoms with Gasteiger partial charge >= 0.3 is 0 Å². The summed E-state index contributed by atoms with van der Waals surface area (Å²) in [6.07, 6.45) is 3.10. The number of nitrogens with one attached hydrogen (secondary N) is 2. The highest BCUT2D eigenvalue weighted by Crippen LogP contribution is 2.29. The van der Waals surface area contributed by atoms with Gasteiger partial charge in [-0.2, -0.15) is 0 Å². The molecule has 1 amide bonds. The quantitative estimate of drug-likeness (QED) is 0.767. The van der Waals surface area contributed by atoms with Crippen molar-refractivity contribution in [2.24, 2.45) is 5.41 Å². The van der Waals surface area contributed by atoms with Crippen molar-refractivity contribution in [1.29, 1.82) is 0 Å². The standard InChI is InChI=1S/C19H30N2O3/c1-4-12-24-16-7-6-15(13-17(16)23-5-2)18(22)21-14-19(3)8-10-20-11-9-19/h6-7,13,20H,4-5,8-12,14H2,1-3H3,(H,21,22). The average molecular weight is 334 g/mol. The largest absolute Gasteiger partial charge is 0.490 e. The molecular formula is C19H30N2O3. The van der Waals surface area contributed by atoms with Gasteiger partial charge in [0.1, 0.15) is 0 Å². The number of carbonyl (C=O) groups is 1. The van der Waals surface area contributed by atoms with E-state index in [1.807, 2.05) is 13.0 Å². The topological polar surface area (TPSA) is 59.6 Å². The summed E-state index contributed by atoms with van der Waals surface area (Å²) >= 11 is 0. The van der Waals surface area contributed by atoms with Gasteiger partial charge in [0.25, 0.3) is 5.91 Å². The maximum atomic E-state index is 12.5. The number of carbonyl (C=O) groups excluding carboxylic acids is 1. The lowest BCUT2D eigenvalue weighted by Gasteiger charge is -2.34. The fourth-order valence-electron chi connectivity index (χ4n) is 2.85. The zero-order valence-electron chi connectivity index (χ0n) is 15.1. The summed E-state index contributed by atoms with van der Waals surface area (Å²) < 4.78 is 11.3. The van der Waals surface area contributed by atoms with Gasteiger partial charge in [-0.05, 0) is 62.9 Å². The molecule has 0 radical (unpaired) electrons. The number of benzene rings is 1. The van der Waals surface area contributed by atoms with Crippen LogP contribution in [0, 0.1) is 5.41 Å². The molecule has 1 fully saturated rings. The molecular weight excluding hydrogens is 304 g/mol. The first-order valence-corrected chi connectivity index (χ1v) is 8.96. The van der Waals surface area contributed by atoms with E-state index in [4.69, 9.17) is 9.47 Å². The fourth-order valence-corrected chi connectivity index (χ4v) is 2.85. The van der Waals surface area contributed by atoms with Crippen LogP contribution in [0.5, 0.6) is 11.5 Å². The lowest BCUT2D eigenvalue weighted by Crippen LogP contribution is -2.42. The third-order valence-corrected chi connectivity index (χ3v) is 4.45. The van der Waals surface area contributed by atoms with Gasteiger partial charge < -0.3 is 20.1 Å². The summed E-state index contributed by atoms with van der Waals surface area (Å²) in [6, 6.07) is 5.39. The van der Waals surface area contributed by atoms with E-state index >= 15 is 0 Å². The minimum Gasteiger partial charge on any atom is -0.490 e. The van der Waals surface area contributed by atoms with Crippen LogP contribution in [-0.4, -0.2) is 38.8 Å². The second kappa shape index (κ2) is 8.92. The minimum atomic E-state index is -0.0576. The molecule has 5 nitrogen and oxygen atoms in total. The number of hydrogen-bond acceptors (Lipinski definition) is 4. The van der Waals surface area contributed by atoms with Crippen LogP contribution in [0.25, 0.3) is 0 Å². The molecule has 0 aromatic heterocycles. The van der Waals surface area contributed by atoms with Crippen LogP contribution >= 0.6 is 0 Å². The van der Waals surface area contributed by atoms with Gasteiger partial charge in [0.05, 0.1) is 13.2 Å². The van der Waals surface area contributed by atoms with Crippen LogP contribution in [0.15, 0.2) is 18.2 Å². The molecule has 24 heavy (non-hydrogen) atoms. The molecule has 0 bridgehead atoms. The van der Waals surface area contributed by atoms with Crippen LogP contribution in [0.4, 0.5) is 0 Å². The molecule has 1 aliphatic heterocycles. The second-order valence-electron chi connectivity index (χ2n) is 6.69. The summed E-state index contributed by atoms with van der Waals surface area (Å²) in [4.78, 5) is 12.5. The predicted molar refractivity (Wildman–Crippen MR) is 95.9 cm³/mol. The van der Waals surface area contributed by atoms with E-state index in [0.717, 1.165) is 32.4 Å². The molecule has 0 aliphatic carbocycles. The lowest BCUT2D eigenvalue weighted by atomic mass is 9.81. The van der Waals surface area contributed by atoms with Crippen molar-refractivity contribution in [3.8, 4) is 11.5 Å². The Hall–Kier alpha value is -1.75. The number of hydrogen-bond donors (Lipinski definition) is 2. The fraction of sp³-hybridized carbons (Fsp3) is 0.632. The Labute approximate surface area is 145 Å². The van der Waals surface area contributed by atoms with E-state index in [9.17, 15) is 4.79 Å². The molecule has 5 heteroatoms. The molecule has 1 aromatic carbocycles. The molecule has 0 atom stereocenters. The molecule has 0 saturated carbocycles. The van der Waals surface area contributed by atoms with E-state index in [-0.39, 0.29) is 11.3 Å². The van der Waals surface area contributed by atoms with Crippen molar-refractivity contribution >= 4 is 5.91 Å². The van der Waals surface area contributed by atoms with E-state index in [1.165, 1.54) is 0 Å². The summed E-state index contributed by atoms with van der Waals surface area (Å²) in [5, 5.41) is 6.44. The number of piperidine rings is 1. The highest BCUT2D eigenvalue weighted by atomic mass is 16.5. The van der Waals surface area contributed by atoms with Crippen LogP contribution in [-0.2, 0) is 0 Å². The van der Waals surface area contributed by atoms with Crippen molar-refractivity contribution in [3.05, 3.63) is 23.8 Å². The Morgan fingerprint density at radius 1 is 1.21 bits per heavy atom. The maximum absolute atomic E-state index is 12.5. The Balaban J connectivity index is 2.01. The molecule has 2 N–H and O–H groups in total. The highest BCUT2D eigenvalue weighted by Gasteiger charge is 2.27. The molecule has 1 heterocycles. The first-order chi connectivity index (χ1) is 11.6. The van der Waals surface area contributed by atoms with Gasteiger partial charge in [0.2, 0.25) is 0 Å². The van der Waals surface area contributed by atoms with E-state index < -0.39 is 0 Å². The van der Waals surface area contributed by atoms with Crippen LogP contribution in [0.3, 0.4) is 0 Å². The van der Waals surface area contributed by atoms with Crippen LogP contribution < -0.4 is 20.1 Å². The minimum absolute atomic E-state index is 0.0576. The van der Waals surface area contributed by atoms with Crippen LogP contribution in [0.2, 0.25) is 0 Å². The zero-order valence-corrected chi connectivity index (χ0v) is 15.1. The SMILES string of the molecule is CCCOc1ccc(C(=O)NCC2(C)CCNCC2)cc1OCC. The average Bonchev–Trinajstić information content (AvgIpc) is 2.59. The predicted octanol–water partition coefficient (Wildman–Crippen LogP) is 2.99. The van der Waals surface area contributed by atoms with Crippen molar-refractivity contribution in [2.45, 2.75) is 40.0 Å². The molecule has 0 spiro atoms. The maximum Gasteiger partial charge on any atom is 0.251 e. The zero-order chi connectivity index (χ0) is 17.4. The molecule has 1 aliphatic rings. The third-order valence-electron chi connectivity index (χ3n) is 4.45.